The number of nitrogens with two attached hydrogens (primary N) is 1. The van der Waals surface area contributed by atoms with Crippen molar-refractivity contribution in [3.63, 3.8) is 0 Å². The SMILES string of the molecule is CNS(=O)(=O)c1ccc(NCCOCCO)c(N)c1. The van der Waals surface area contributed by atoms with E-state index in [-0.39, 0.29) is 18.1 Å². The number of nitrogen functional groups attached to an aromatic ring is 1. The molecule has 0 saturated carbocycles. The van der Waals surface area contributed by atoms with E-state index in [0.29, 0.717) is 24.5 Å². The highest BCUT2D eigenvalue weighted by atomic mass is 32.2. The molecule has 0 saturated heterocycles. The maximum absolute atomic E-state index is 11.6. The lowest BCUT2D eigenvalue weighted by Gasteiger charge is -2.11. The van der Waals surface area contributed by atoms with Crippen LogP contribution in [0.4, 0.5) is 11.4 Å². The van der Waals surface area contributed by atoms with E-state index in [1.807, 2.05) is 0 Å². The third-order valence-corrected chi connectivity index (χ3v) is 3.81. The van der Waals surface area contributed by atoms with Gasteiger partial charge in [-0.2, -0.15) is 0 Å². The summed E-state index contributed by atoms with van der Waals surface area (Å²) in [5.41, 5.74) is 6.77. The van der Waals surface area contributed by atoms with Gasteiger partial charge in [-0.3, -0.25) is 0 Å². The van der Waals surface area contributed by atoms with E-state index in [4.69, 9.17) is 15.6 Å². The quantitative estimate of drug-likeness (QED) is 0.382. The summed E-state index contributed by atoms with van der Waals surface area (Å²) in [5, 5.41) is 11.6. The van der Waals surface area contributed by atoms with Gasteiger partial charge >= 0.3 is 0 Å². The van der Waals surface area contributed by atoms with Gasteiger partial charge in [0.25, 0.3) is 0 Å². The Morgan fingerprint density at radius 1 is 1.37 bits per heavy atom. The molecule has 0 radical (unpaired) electrons. The number of benzene rings is 1. The van der Waals surface area contributed by atoms with Gasteiger partial charge in [-0.05, 0) is 25.2 Å². The Bertz CT molecular complexity index is 505. The number of hydrogen-bond acceptors (Lipinski definition) is 6. The Kier molecular flexibility index (Phi) is 6.03. The molecule has 0 atom stereocenters. The number of aliphatic hydroxyl groups excluding tert-OH is 1. The Hall–Kier alpha value is -1.35. The van der Waals surface area contributed by atoms with Crippen molar-refractivity contribution in [2.24, 2.45) is 0 Å². The molecule has 0 fully saturated rings. The van der Waals surface area contributed by atoms with Crippen molar-refractivity contribution < 1.29 is 18.3 Å². The minimum atomic E-state index is -3.48. The van der Waals surface area contributed by atoms with Gasteiger partial charge in [-0.25, -0.2) is 13.1 Å². The third kappa shape index (κ3) is 4.67. The minimum Gasteiger partial charge on any atom is -0.397 e. The molecule has 1 aromatic carbocycles. The molecule has 0 aliphatic heterocycles. The molecule has 5 N–H and O–H groups in total. The monoisotopic (exact) mass is 289 g/mol. The average Bonchev–Trinajstić information content (AvgIpc) is 2.40. The molecule has 7 nitrogen and oxygen atoms in total. The molecule has 0 amide bonds. The van der Waals surface area contributed by atoms with Crippen LogP contribution in [0.15, 0.2) is 23.1 Å². The second kappa shape index (κ2) is 7.29. The van der Waals surface area contributed by atoms with Crippen LogP contribution in [0.1, 0.15) is 0 Å². The summed E-state index contributed by atoms with van der Waals surface area (Å²) in [6, 6.07) is 4.47. The molecule has 0 aliphatic carbocycles. The van der Waals surface area contributed by atoms with Gasteiger partial charge in [0.15, 0.2) is 0 Å². The zero-order chi connectivity index (χ0) is 14.3. The first-order valence-electron chi connectivity index (χ1n) is 5.77. The van der Waals surface area contributed by atoms with Gasteiger partial charge < -0.3 is 20.9 Å². The fourth-order valence-corrected chi connectivity index (χ4v) is 2.18. The van der Waals surface area contributed by atoms with Crippen molar-refractivity contribution in [2.75, 3.05) is 44.5 Å². The van der Waals surface area contributed by atoms with Crippen LogP contribution < -0.4 is 15.8 Å². The fraction of sp³-hybridized carbons (Fsp3) is 0.455. The van der Waals surface area contributed by atoms with E-state index in [1.54, 1.807) is 6.07 Å². The van der Waals surface area contributed by atoms with Crippen LogP contribution in [0.25, 0.3) is 0 Å². The molecule has 1 aromatic rings. The van der Waals surface area contributed by atoms with Crippen molar-refractivity contribution in [1.82, 2.24) is 4.72 Å². The molecule has 0 aliphatic rings. The van der Waals surface area contributed by atoms with Crippen LogP contribution in [-0.2, 0) is 14.8 Å². The molecule has 0 bridgehead atoms. The molecule has 1 rings (SSSR count). The van der Waals surface area contributed by atoms with Crippen LogP contribution >= 0.6 is 0 Å². The number of sulfonamides is 1. The Morgan fingerprint density at radius 3 is 2.68 bits per heavy atom. The molecular weight excluding hydrogens is 270 g/mol. The topological polar surface area (TPSA) is 114 Å². The van der Waals surface area contributed by atoms with E-state index in [2.05, 4.69) is 10.0 Å². The number of rotatable bonds is 8. The Balaban J connectivity index is 2.63. The Labute approximate surface area is 112 Å². The van der Waals surface area contributed by atoms with Crippen LogP contribution in [0, 0.1) is 0 Å². The first-order chi connectivity index (χ1) is 9.01. The third-order valence-electron chi connectivity index (χ3n) is 2.40. The van der Waals surface area contributed by atoms with E-state index in [9.17, 15) is 8.42 Å². The molecule has 0 unspecified atom stereocenters. The first kappa shape index (κ1) is 15.7. The smallest absolute Gasteiger partial charge is 0.240 e. The number of hydrogen-bond donors (Lipinski definition) is 4. The summed E-state index contributed by atoms with van der Waals surface area (Å²) in [6.45, 7) is 1.22. The van der Waals surface area contributed by atoms with Gasteiger partial charge in [0.05, 0.1) is 36.1 Å². The van der Waals surface area contributed by atoms with Gasteiger partial charge in [-0.1, -0.05) is 0 Å². The number of aliphatic hydroxyl groups is 1. The predicted octanol–water partition coefficient (Wildman–Crippen LogP) is -0.402. The van der Waals surface area contributed by atoms with E-state index in [1.165, 1.54) is 19.2 Å². The van der Waals surface area contributed by atoms with Crippen molar-refractivity contribution in [2.45, 2.75) is 4.90 Å². The molecular formula is C11H19N3O4S. The molecule has 8 heteroatoms. The standard InChI is InChI=1S/C11H19N3O4S/c1-13-19(16,17)9-2-3-11(10(12)8-9)14-4-6-18-7-5-15/h2-3,8,13-15H,4-7,12H2,1H3. The largest absolute Gasteiger partial charge is 0.397 e. The van der Waals surface area contributed by atoms with E-state index in [0.717, 1.165) is 0 Å². The van der Waals surface area contributed by atoms with Crippen LogP contribution in [0.5, 0.6) is 0 Å². The van der Waals surface area contributed by atoms with Gasteiger partial charge in [0.1, 0.15) is 0 Å². The van der Waals surface area contributed by atoms with Crippen molar-refractivity contribution in [1.29, 1.82) is 0 Å². The highest BCUT2D eigenvalue weighted by Crippen LogP contribution is 2.22. The normalized spacial score (nSPS) is 11.5. The maximum atomic E-state index is 11.6. The summed E-state index contributed by atoms with van der Waals surface area (Å²) >= 11 is 0. The zero-order valence-corrected chi connectivity index (χ0v) is 11.5. The lowest BCUT2D eigenvalue weighted by molar-refractivity contribution is 0.0992. The molecule has 0 spiro atoms. The van der Waals surface area contributed by atoms with Crippen molar-refractivity contribution in [3.8, 4) is 0 Å². The number of anilines is 2. The van der Waals surface area contributed by atoms with Crippen LogP contribution in [0.3, 0.4) is 0 Å². The molecule has 0 aromatic heterocycles. The summed E-state index contributed by atoms with van der Waals surface area (Å²) < 4.78 is 30.4. The zero-order valence-electron chi connectivity index (χ0n) is 10.7. The van der Waals surface area contributed by atoms with Crippen LogP contribution in [-0.4, -0.2) is 46.9 Å². The first-order valence-corrected chi connectivity index (χ1v) is 7.25. The summed E-state index contributed by atoms with van der Waals surface area (Å²) in [6.07, 6.45) is 0. The van der Waals surface area contributed by atoms with E-state index < -0.39 is 10.0 Å². The maximum Gasteiger partial charge on any atom is 0.240 e. The average molecular weight is 289 g/mol. The minimum absolute atomic E-state index is 0.0152. The van der Waals surface area contributed by atoms with Gasteiger partial charge in [0.2, 0.25) is 10.0 Å². The highest BCUT2D eigenvalue weighted by molar-refractivity contribution is 7.89. The Morgan fingerprint density at radius 2 is 2.11 bits per heavy atom. The van der Waals surface area contributed by atoms with E-state index >= 15 is 0 Å². The molecule has 0 heterocycles. The lowest BCUT2D eigenvalue weighted by Crippen LogP contribution is -2.19. The van der Waals surface area contributed by atoms with Crippen LogP contribution in [0.2, 0.25) is 0 Å². The number of nitrogens with one attached hydrogen (secondary N) is 2. The summed E-state index contributed by atoms with van der Waals surface area (Å²) in [7, 11) is -2.14. The lowest BCUT2D eigenvalue weighted by atomic mass is 10.2. The van der Waals surface area contributed by atoms with Gasteiger partial charge in [-0.15, -0.1) is 0 Å². The number of ether oxygens (including phenoxy) is 1. The highest BCUT2D eigenvalue weighted by Gasteiger charge is 2.12. The molecule has 19 heavy (non-hydrogen) atoms. The molecule has 108 valence electrons. The van der Waals surface area contributed by atoms with Crippen molar-refractivity contribution >= 4 is 21.4 Å². The second-order valence-corrected chi connectivity index (χ2v) is 5.61. The van der Waals surface area contributed by atoms with Gasteiger partial charge in [0, 0.05) is 6.54 Å². The fourth-order valence-electron chi connectivity index (χ4n) is 1.41. The second-order valence-electron chi connectivity index (χ2n) is 3.72. The summed E-state index contributed by atoms with van der Waals surface area (Å²) in [5.74, 6) is 0. The van der Waals surface area contributed by atoms with Crippen molar-refractivity contribution in [3.05, 3.63) is 18.2 Å². The summed E-state index contributed by atoms with van der Waals surface area (Å²) in [4.78, 5) is 0.120. The predicted molar refractivity (Wildman–Crippen MR) is 73.5 cm³/mol.